The molecule has 1 rings (SSSR count). The van der Waals surface area contributed by atoms with Crippen LogP contribution >= 0.6 is 0 Å². The average Bonchev–Trinajstić information content (AvgIpc) is 2.78. The second kappa shape index (κ2) is 8.45. The Morgan fingerprint density at radius 2 is 2.22 bits per heavy atom. The van der Waals surface area contributed by atoms with Gasteiger partial charge in [-0.3, -0.25) is 4.79 Å². The predicted octanol–water partition coefficient (Wildman–Crippen LogP) is 0.542. The molecule has 0 radical (unpaired) electrons. The lowest BCUT2D eigenvalue weighted by Gasteiger charge is -2.22. The van der Waals surface area contributed by atoms with Gasteiger partial charge in [0.05, 0.1) is 31.8 Å². The predicted molar refractivity (Wildman–Crippen MR) is 70.5 cm³/mol. The van der Waals surface area contributed by atoms with Gasteiger partial charge in [-0.25, -0.2) is 0 Å². The highest BCUT2D eigenvalue weighted by molar-refractivity contribution is 5.80. The first kappa shape index (κ1) is 15.4. The summed E-state index contributed by atoms with van der Waals surface area (Å²) in [7, 11) is 1.66. The van der Waals surface area contributed by atoms with E-state index in [-0.39, 0.29) is 23.9 Å². The van der Waals surface area contributed by atoms with E-state index in [1.807, 2.05) is 6.92 Å². The Balaban J connectivity index is 2.46. The van der Waals surface area contributed by atoms with E-state index in [4.69, 9.17) is 9.47 Å². The van der Waals surface area contributed by atoms with Crippen molar-refractivity contribution in [3.05, 3.63) is 0 Å². The van der Waals surface area contributed by atoms with Gasteiger partial charge in [-0.2, -0.15) is 0 Å². The van der Waals surface area contributed by atoms with Gasteiger partial charge in [0.1, 0.15) is 0 Å². The van der Waals surface area contributed by atoms with Crippen molar-refractivity contribution in [2.75, 3.05) is 33.5 Å². The molecule has 1 heterocycles. The highest BCUT2D eigenvalue weighted by Crippen LogP contribution is 2.14. The Morgan fingerprint density at radius 1 is 1.44 bits per heavy atom. The Morgan fingerprint density at radius 3 is 2.83 bits per heavy atom. The van der Waals surface area contributed by atoms with Crippen LogP contribution in [0.25, 0.3) is 0 Å². The molecule has 0 aromatic rings. The molecule has 3 unspecified atom stereocenters. The molecule has 1 aliphatic heterocycles. The fourth-order valence-electron chi connectivity index (χ4n) is 2.33. The Labute approximate surface area is 110 Å². The summed E-state index contributed by atoms with van der Waals surface area (Å²) in [4.78, 5) is 12.2. The maximum atomic E-state index is 12.2. The molecular weight excluding hydrogens is 232 g/mol. The lowest BCUT2D eigenvalue weighted by Crippen LogP contribution is -2.47. The lowest BCUT2D eigenvalue weighted by molar-refractivity contribution is -0.126. The van der Waals surface area contributed by atoms with Gasteiger partial charge < -0.3 is 20.1 Å². The fraction of sp³-hybridized carbons (Fsp3) is 0.923. The number of hydrogen-bond acceptors (Lipinski definition) is 4. The van der Waals surface area contributed by atoms with Crippen LogP contribution in [0.15, 0.2) is 0 Å². The first-order valence-electron chi connectivity index (χ1n) is 6.83. The minimum atomic E-state index is -0.0823. The lowest BCUT2D eigenvalue weighted by atomic mass is 10.0. The highest BCUT2D eigenvalue weighted by atomic mass is 16.5. The standard InChI is InChI=1S/C13H26N2O3/c1-4-6-10(7-17-3)15-13(16)11-8-18-9-12(11)14-5-2/h10-12,14H,4-9H2,1-3H3,(H,15,16). The monoisotopic (exact) mass is 258 g/mol. The van der Waals surface area contributed by atoms with Crippen LogP contribution in [0.2, 0.25) is 0 Å². The summed E-state index contributed by atoms with van der Waals surface area (Å²) < 4.78 is 10.5. The number of nitrogens with one attached hydrogen (secondary N) is 2. The van der Waals surface area contributed by atoms with Crippen LogP contribution < -0.4 is 10.6 Å². The van der Waals surface area contributed by atoms with Crippen molar-refractivity contribution in [2.45, 2.75) is 38.8 Å². The van der Waals surface area contributed by atoms with Gasteiger partial charge in [0.25, 0.3) is 0 Å². The molecule has 2 N–H and O–H groups in total. The van der Waals surface area contributed by atoms with E-state index in [1.54, 1.807) is 7.11 Å². The molecule has 0 bridgehead atoms. The van der Waals surface area contributed by atoms with Crippen LogP contribution in [0, 0.1) is 5.92 Å². The Hall–Kier alpha value is -0.650. The third kappa shape index (κ3) is 4.55. The zero-order valence-corrected chi connectivity index (χ0v) is 11.7. The number of amides is 1. The smallest absolute Gasteiger partial charge is 0.227 e. The molecule has 1 aliphatic rings. The van der Waals surface area contributed by atoms with Gasteiger partial charge in [0.15, 0.2) is 0 Å². The normalized spacial score (nSPS) is 25.1. The quantitative estimate of drug-likeness (QED) is 0.667. The van der Waals surface area contributed by atoms with Crippen LogP contribution in [0.5, 0.6) is 0 Å². The molecule has 0 spiro atoms. The SMILES string of the molecule is CCCC(COC)NC(=O)C1COCC1NCC. The number of rotatable bonds is 8. The summed E-state index contributed by atoms with van der Waals surface area (Å²) in [5, 5.41) is 6.36. The minimum Gasteiger partial charge on any atom is -0.383 e. The van der Waals surface area contributed by atoms with Gasteiger partial charge in [-0.05, 0) is 13.0 Å². The molecule has 106 valence electrons. The van der Waals surface area contributed by atoms with Gasteiger partial charge in [-0.15, -0.1) is 0 Å². The van der Waals surface area contributed by atoms with E-state index in [0.29, 0.717) is 19.8 Å². The molecule has 5 nitrogen and oxygen atoms in total. The summed E-state index contributed by atoms with van der Waals surface area (Å²) in [6.07, 6.45) is 1.98. The largest absolute Gasteiger partial charge is 0.383 e. The maximum absolute atomic E-state index is 12.2. The molecule has 1 fully saturated rings. The number of carbonyl (C=O) groups is 1. The number of methoxy groups -OCH3 is 1. The van der Waals surface area contributed by atoms with E-state index in [9.17, 15) is 4.79 Å². The molecule has 0 aromatic heterocycles. The molecule has 3 atom stereocenters. The van der Waals surface area contributed by atoms with E-state index in [2.05, 4.69) is 17.6 Å². The van der Waals surface area contributed by atoms with Crippen molar-refractivity contribution in [1.82, 2.24) is 10.6 Å². The van der Waals surface area contributed by atoms with E-state index in [0.717, 1.165) is 19.4 Å². The summed E-state index contributed by atoms with van der Waals surface area (Å²) in [6.45, 7) is 6.70. The van der Waals surface area contributed by atoms with Gasteiger partial charge in [0.2, 0.25) is 5.91 Å². The summed E-state index contributed by atoms with van der Waals surface area (Å²) in [6, 6.07) is 0.246. The van der Waals surface area contributed by atoms with Gasteiger partial charge >= 0.3 is 0 Å². The van der Waals surface area contributed by atoms with Crippen LogP contribution in [-0.4, -0.2) is 51.5 Å². The Kier molecular flexibility index (Phi) is 7.23. The zero-order valence-electron chi connectivity index (χ0n) is 11.7. The molecule has 1 saturated heterocycles. The van der Waals surface area contributed by atoms with Crippen molar-refractivity contribution in [2.24, 2.45) is 5.92 Å². The van der Waals surface area contributed by atoms with Crippen LogP contribution in [-0.2, 0) is 14.3 Å². The number of hydrogen-bond donors (Lipinski definition) is 2. The summed E-state index contributed by atoms with van der Waals surface area (Å²) >= 11 is 0. The molecule has 5 heteroatoms. The number of carbonyl (C=O) groups excluding carboxylic acids is 1. The van der Waals surface area contributed by atoms with E-state index in [1.165, 1.54) is 0 Å². The van der Waals surface area contributed by atoms with Crippen molar-refractivity contribution >= 4 is 5.91 Å². The molecule has 18 heavy (non-hydrogen) atoms. The average molecular weight is 258 g/mol. The van der Waals surface area contributed by atoms with Gasteiger partial charge in [0, 0.05) is 13.2 Å². The molecule has 0 aliphatic carbocycles. The third-order valence-electron chi connectivity index (χ3n) is 3.23. The van der Waals surface area contributed by atoms with Crippen molar-refractivity contribution < 1.29 is 14.3 Å². The van der Waals surface area contributed by atoms with E-state index < -0.39 is 0 Å². The second-order valence-corrected chi connectivity index (χ2v) is 4.76. The van der Waals surface area contributed by atoms with E-state index >= 15 is 0 Å². The molecule has 0 saturated carbocycles. The van der Waals surface area contributed by atoms with Crippen molar-refractivity contribution in [3.8, 4) is 0 Å². The number of likely N-dealkylation sites (N-methyl/N-ethyl adjacent to an activating group) is 1. The maximum Gasteiger partial charge on any atom is 0.227 e. The molecule has 1 amide bonds. The summed E-state index contributed by atoms with van der Waals surface area (Å²) in [5.74, 6) is -0.00453. The molecule has 0 aromatic carbocycles. The third-order valence-corrected chi connectivity index (χ3v) is 3.23. The van der Waals surface area contributed by atoms with Crippen LogP contribution in [0.4, 0.5) is 0 Å². The first-order chi connectivity index (χ1) is 8.72. The van der Waals surface area contributed by atoms with Crippen LogP contribution in [0.1, 0.15) is 26.7 Å². The second-order valence-electron chi connectivity index (χ2n) is 4.76. The topological polar surface area (TPSA) is 59.6 Å². The van der Waals surface area contributed by atoms with Crippen LogP contribution in [0.3, 0.4) is 0 Å². The molecular formula is C13H26N2O3. The summed E-state index contributed by atoms with van der Waals surface area (Å²) in [5.41, 5.74) is 0. The van der Waals surface area contributed by atoms with Gasteiger partial charge in [-0.1, -0.05) is 20.3 Å². The first-order valence-corrected chi connectivity index (χ1v) is 6.83. The highest BCUT2D eigenvalue weighted by Gasteiger charge is 2.34. The van der Waals surface area contributed by atoms with Crippen molar-refractivity contribution in [1.29, 1.82) is 0 Å². The van der Waals surface area contributed by atoms with Crippen molar-refractivity contribution in [3.63, 3.8) is 0 Å². The zero-order chi connectivity index (χ0) is 13.4. The number of ether oxygens (including phenoxy) is 2. The minimum absolute atomic E-state index is 0.0777. The fourth-order valence-corrected chi connectivity index (χ4v) is 2.33. The Bertz CT molecular complexity index is 242.